The van der Waals surface area contributed by atoms with Crippen LogP contribution >= 0.6 is 11.6 Å². The molecule has 0 N–H and O–H groups in total. The third-order valence-corrected chi connectivity index (χ3v) is 4.37. The first-order valence-corrected chi connectivity index (χ1v) is 7.23. The van der Waals surface area contributed by atoms with E-state index >= 15 is 0 Å². The van der Waals surface area contributed by atoms with Gasteiger partial charge in [0.2, 0.25) is 0 Å². The fraction of sp³-hybridized carbons (Fsp3) is 0.562. The SMILES string of the molecule is COc1cccc(Cl)c1[C@@H]1CN(C(C)(C)C)C[C@H]1C#N. The molecular formula is C16H21ClN2O. The van der Waals surface area contributed by atoms with Gasteiger partial charge in [0, 0.05) is 35.1 Å². The lowest BCUT2D eigenvalue weighted by Crippen LogP contribution is -2.39. The molecule has 0 radical (unpaired) electrons. The van der Waals surface area contributed by atoms with E-state index in [1.807, 2.05) is 18.2 Å². The van der Waals surface area contributed by atoms with Crippen molar-refractivity contribution in [3.8, 4) is 11.8 Å². The van der Waals surface area contributed by atoms with Crippen LogP contribution in [0.15, 0.2) is 18.2 Å². The van der Waals surface area contributed by atoms with Gasteiger partial charge in [0.25, 0.3) is 0 Å². The maximum absolute atomic E-state index is 9.48. The Balaban J connectivity index is 2.40. The molecule has 0 aliphatic carbocycles. The van der Waals surface area contributed by atoms with Crippen LogP contribution in [0.2, 0.25) is 5.02 Å². The summed E-state index contributed by atoms with van der Waals surface area (Å²) in [7, 11) is 1.65. The molecule has 1 aromatic carbocycles. The van der Waals surface area contributed by atoms with Gasteiger partial charge in [-0.3, -0.25) is 4.90 Å². The minimum absolute atomic E-state index is 0.0528. The number of nitriles is 1. The number of benzene rings is 1. The van der Waals surface area contributed by atoms with Gasteiger partial charge in [-0.05, 0) is 32.9 Å². The van der Waals surface area contributed by atoms with E-state index in [2.05, 4.69) is 31.7 Å². The highest BCUT2D eigenvalue weighted by molar-refractivity contribution is 6.31. The number of likely N-dealkylation sites (tertiary alicyclic amines) is 1. The molecule has 0 spiro atoms. The zero-order valence-electron chi connectivity index (χ0n) is 12.5. The van der Waals surface area contributed by atoms with E-state index in [-0.39, 0.29) is 17.4 Å². The number of hydrogen-bond donors (Lipinski definition) is 0. The Morgan fingerprint density at radius 2 is 2.05 bits per heavy atom. The summed E-state index contributed by atoms with van der Waals surface area (Å²) in [6.45, 7) is 8.13. The predicted octanol–water partition coefficient (Wildman–Crippen LogP) is 3.69. The second-order valence-electron chi connectivity index (χ2n) is 6.27. The second-order valence-corrected chi connectivity index (χ2v) is 6.68. The summed E-state index contributed by atoms with van der Waals surface area (Å²) in [4.78, 5) is 2.34. The first-order chi connectivity index (χ1) is 9.38. The van der Waals surface area contributed by atoms with Crippen molar-refractivity contribution in [1.29, 1.82) is 5.26 Å². The number of methoxy groups -OCH3 is 1. The summed E-state index contributed by atoms with van der Waals surface area (Å²) >= 11 is 6.36. The molecule has 1 aromatic rings. The van der Waals surface area contributed by atoms with E-state index < -0.39 is 0 Å². The van der Waals surface area contributed by atoms with Crippen molar-refractivity contribution in [1.82, 2.24) is 4.90 Å². The highest BCUT2D eigenvalue weighted by Crippen LogP contribution is 2.42. The van der Waals surface area contributed by atoms with Gasteiger partial charge in [-0.2, -0.15) is 5.26 Å². The molecule has 0 unspecified atom stereocenters. The zero-order chi connectivity index (χ0) is 14.9. The van der Waals surface area contributed by atoms with Gasteiger partial charge in [0.15, 0.2) is 0 Å². The van der Waals surface area contributed by atoms with Crippen molar-refractivity contribution in [2.24, 2.45) is 5.92 Å². The maximum atomic E-state index is 9.48. The summed E-state index contributed by atoms with van der Waals surface area (Å²) in [6.07, 6.45) is 0. The lowest BCUT2D eigenvalue weighted by Gasteiger charge is -2.31. The maximum Gasteiger partial charge on any atom is 0.123 e. The Bertz CT molecular complexity index is 530. The molecule has 4 heteroatoms. The smallest absolute Gasteiger partial charge is 0.123 e. The topological polar surface area (TPSA) is 36.3 Å². The van der Waals surface area contributed by atoms with Crippen LogP contribution in [-0.2, 0) is 0 Å². The predicted molar refractivity (Wildman–Crippen MR) is 81.2 cm³/mol. The molecule has 108 valence electrons. The van der Waals surface area contributed by atoms with Gasteiger partial charge in [-0.1, -0.05) is 17.7 Å². The minimum atomic E-state index is -0.0528. The van der Waals surface area contributed by atoms with Gasteiger partial charge in [0.05, 0.1) is 19.1 Å². The zero-order valence-corrected chi connectivity index (χ0v) is 13.2. The Labute approximate surface area is 126 Å². The molecule has 0 saturated carbocycles. The van der Waals surface area contributed by atoms with Crippen LogP contribution in [-0.4, -0.2) is 30.6 Å². The average molecular weight is 293 g/mol. The highest BCUT2D eigenvalue weighted by Gasteiger charge is 2.40. The van der Waals surface area contributed by atoms with Crippen molar-refractivity contribution >= 4 is 11.6 Å². The molecule has 0 bridgehead atoms. The third kappa shape index (κ3) is 2.77. The lowest BCUT2D eigenvalue weighted by atomic mass is 9.89. The Morgan fingerprint density at radius 3 is 2.60 bits per heavy atom. The van der Waals surface area contributed by atoms with Crippen LogP contribution in [0.1, 0.15) is 32.3 Å². The van der Waals surface area contributed by atoms with E-state index in [9.17, 15) is 5.26 Å². The van der Waals surface area contributed by atoms with Crippen molar-refractivity contribution in [2.75, 3.05) is 20.2 Å². The number of rotatable bonds is 2. The summed E-state index contributed by atoms with van der Waals surface area (Å²) in [5.74, 6) is 0.824. The summed E-state index contributed by atoms with van der Waals surface area (Å²) < 4.78 is 5.44. The van der Waals surface area contributed by atoms with Crippen LogP contribution in [0, 0.1) is 17.2 Å². The van der Waals surface area contributed by atoms with Crippen LogP contribution in [0.5, 0.6) is 5.75 Å². The van der Waals surface area contributed by atoms with E-state index in [4.69, 9.17) is 16.3 Å². The van der Waals surface area contributed by atoms with Gasteiger partial charge < -0.3 is 4.74 Å². The number of halogens is 1. The van der Waals surface area contributed by atoms with E-state index in [0.717, 1.165) is 24.4 Å². The largest absolute Gasteiger partial charge is 0.496 e. The normalized spacial score (nSPS) is 23.6. The van der Waals surface area contributed by atoms with E-state index in [1.54, 1.807) is 7.11 Å². The minimum Gasteiger partial charge on any atom is -0.496 e. The first kappa shape index (κ1) is 15.2. The molecule has 1 aliphatic heterocycles. The van der Waals surface area contributed by atoms with Crippen molar-refractivity contribution in [2.45, 2.75) is 32.2 Å². The molecule has 0 amide bonds. The number of nitrogens with zero attached hydrogens (tertiary/aromatic N) is 2. The van der Waals surface area contributed by atoms with Crippen LogP contribution in [0.3, 0.4) is 0 Å². The average Bonchev–Trinajstić information content (AvgIpc) is 2.82. The van der Waals surface area contributed by atoms with Crippen LogP contribution in [0.4, 0.5) is 0 Å². The van der Waals surface area contributed by atoms with Gasteiger partial charge in [0.1, 0.15) is 5.75 Å². The summed E-state index contributed by atoms with van der Waals surface area (Å²) in [6, 6.07) is 8.10. The molecule has 1 fully saturated rings. The molecule has 0 aromatic heterocycles. The first-order valence-electron chi connectivity index (χ1n) is 6.85. The standard InChI is InChI=1S/C16H21ClN2O/c1-16(2,3)19-9-11(8-18)12(10-19)15-13(17)6-5-7-14(15)20-4/h5-7,11-12H,9-10H2,1-4H3/t11-,12-/m1/s1. The molecule has 2 atom stereocenters. The lowest BCUT2D eigenvalue weighted by molar-refractivity contribution is 0.170. The molecule has 1 saturated heterocycles. The molecular weight excluding hydrogens is 272 g/mol. The second kappa shape index (κ2) is 5.63. The monoisotopic (exact) mass is 292 g/mol. The Morgan fingerprint density at radius 1 is 1.35 bits per heavy atom. The van der Waals surface area contributed by atoms with Gasteiger partial charge >= 0.3 is 0 Å². The molecule has 20 heavy (non-hydrogen) atoms. The fourth-order valence-electron chi connectivity index (χ4n) is 2.83. The highest BCUT2D eigenvalue weighted by atomic mass is 35.5. The van der Waals surface area contributed by atoms with Gasteiger partial charge in [-0.15, -0.1) is 0 Å². The van der Waals surface area contributed by atoms with Crippen molar-refractivity contribution < 1.29 is 4.74 Å². The number of ether oxygens (including phenoxy) is 1. The Kier molecular flexibility index (Phi) is 4.27. The molecule has 1 heterocycles. The summed E-state index contributed by atoms with van der Waals surface area (Å²) in [5.41, 5.74) is 1.02. The van der Waals surface area contributed by atoms with Crippen molar-refractivity contribution in [3.05, 3.63) is 28.8 Å². The molecule has 3 nitrogen and oxygen atoms in total. The molecule has 2 rings (SSSR count). The van der Waals surface area contributed by atoms with E-state index in [1.165, 1.54) is 0 Å². The van der Waals surface area contributed by atoms with Crippen LogP contribution in [0.25, 0.3) is 0 Å². The number of hydrogen-bond acceptors (Lipinski definition) is 3. The van der Waals surface area contributed by atoms with Crippen molar-refractivity contribution in [3.63, 3.8) is 0 Å². The summed E-state index contributed by atoms with van der Waals surface area (Å²) in [5, 5.41) is 10.2. The quantitative estimate of drug-likeness (QED) is 0.834. The van der Waals surface area contributed by atoms with Crippen LogP contribution < -0.4 is 4.74 Å². The van der Waals surface area contributed by atoms with Gasteiger partial charge in [-0.25, -0.2) is 0 Å². The van der Waals surface area contributed by atoms with E-state index in [0.29, 0.717) is 5.02 Å². The molecule has 1 aliphatic rings. The fourth-order valence-corrected chi connectivity index (χ4v) is 3.14. The third-order valence-electron chi connectivity index (χ3n) is 4.04. The Hall–Kier alpha value is -1.24.